The molecule has 146 valence electrons. The fraction of sp³-hybridized carbons (Fsp3) is 1.00. The molecule has 26 heavy (non-hydrogen) atoms. The van der Waals surface area contributed by atoms with Gasteiger partial charge in [-0.2, -0.15) is 0 Å². The maximum atomic E-state index is 10.6. The fourth-order valence-electron chi connectivity index (χ4n) is 3.30. The molecule has 0 aromatic carbocycles. The fourth-order valence-corrected chi connectivity index (χ4v) is 5.21. The van der Waals surface area contributed by atoms with Gasteiger partial charge in [0.25, 0.3) is 0 Å². The van der Waals surface area contributed by atoms with Gasteiger partial charge in [-0.3, -0.25) is 0 Å². The Balaban J connectivity index is 1.65. The summed E-state index contributed by atoms with van der Waals surface area (Å²) in [5, 5.41) is 9.98. The van der Waals surface area contributed by atoms with Crippen molar-refractivity contribution < 1.29 is 47.4 Å². The molecule has 2 unspecified atom stereocenters. The molecular formula is C13H23B2O10P. The molecule has 8 atom stereocenters. The van der Waals surface area contributed by atoms with E-state index in [0.717, 1.165) is 0 Å². The minimum absolute atomic E-state index is 0.129. The van der Waals surface area contributed by atoms with Crippen molar-refractivity contribution >= 4 is 23.4 Å². The maximum absolute atomic E-state index is 10.6. The Morgan fingerprint density at radius 1 is 1.00 bits per heavy atom. The molecule has 3 fully saturated rings. The van der Waals surface area contributed by atoms with Crippen LogP contribution < -0.4 is 0 Å². The van der Waals surface area contributed by atoms with Gasteiger partial charge in [-0.25, -0.2) is 0 Å². The Hall–Kier alpha value is 0.160. The van der Waals surface area contributed by atoms with Gasteiger partial charge in [0, 0.05) is 0 Å². The van der Waals surface area contributed by atoms with E-state index >= 15 is 0 Å². The first-order valence-corrected chi connectivity index (χ1v) is 10.2. The Labute approximate surface area is 154 Å². The van der Waals surface area contributed by atoms with E-state index in [4.69, 9.17) is 48.2 Å². The summed E-state index contributed by atoms with van der Waals surface area (Å²) in [6, 6.07) is -1.91. The zero-order valence-electron chi connectivity index (χ0n) is 14.5. The minimum atomic E-state index is -5.42. The van der Waals surface area contributed by atoms with Crippen LogP contribution in [0.5, 0.6) is 0 Å². The van der Waals surface area contributed by atoms with Crippen LogP contribution in [0.25, 0.3) is 0 Å². The number of ether oxygens (including phenoxy) is 4. The first-order valence-electron chi connectivity index (χ1n) is 8.32. The molecule has 3 rings (SSSR count). The van der Waals surface area contributed by atoms with Crippen LogP contribution in [-0.2, 0) is 32.5 Å². The second-order valence-corrected chi connectivity index (χ2v) is 8.67. The van der Waals surface area contributed by atoms with Crippen LogP contribution in [0.15, 0.2) is 0 Å². The quantitative estimate of drug-likeness (QED) is 0.334. The van der Waals surface area contributed by atoms with Crippen LogP contribution in [0.4, 0.5) is 0 Å². The number of fused-ring (bicyclic) bond motifs is 1. The van der Waals surface area contributed by atoms with Gasteiger partial charge in [0.05, 0.1) is 0 Å². The molecule has 4 radical (unpaired) electrons. The van der Waals surface area contributed by atoms with Crippen LogP contribution in [0, 0.1) is 0 Å². The number of rotatable bonds is 7. The molecule has 3 heterocycles. The molecule has 13 heteroatoms. The number of aliphatic hydroxyl groups is 1. The summed E-state index contributed by atoms with van der Waals surface area (Å²) < 4.78 is 37.0. The topological polar surface area (TPSA) is 125 Å². The summed E-state index contributed by atoms with van der Waals surface area (Å²) >= 11 is 0. The van der Waals surface area contributed by atoms with Gasteiger partial charge in [0.1, 0.15) is 0 Å². The van der Waals surface area contributed by atoms with Crippen molar-refractivity contribution in [1.82, 2.24) is 0 Å². The standard InChI is InChI=1S/C13H23B2O10P/c1-3-20-9-7(22-12(14)8(9)16)5-21-26(17,18)24-10-6(4-19-2)23-13(15)11(10)25-26/h6-13,16-18H,3-5H2,1-2H3/t6-,7-,8+,9?,10?,11+,12-,13-/m1/s1. The van der Waals surface area contributed by atoms with Crippen molar-refractivity contribution in [3.8, 4) is 0 Å². The van der Waals surface area contributed by atoms with Crippen LogP contribution in [0.1, 0.15) is 6.92 Å². The van der Waals surface area contributed by atoms with Gasteiger partial charge in [-0.1, -0.05) is 0 Å². The van der Waals surface area contributed by atoms with Gasteiger partial charge in [0.2, 0.25) is 0 Å². The molecule has 3 aliphatic rings. The molecule has 0 spiro atoms. The third-order valence-corrected chi connectivity index (χ3v) is 6.27. The van der Waals surface area contributed by atoms with Crippen molar-refractivity contribution in [2.45, 2.75) is 55.6 Å². The van der Waals surface area contributed by atoms with Gasteiger partial charge >= 0.3 is 153 Å². The van der Waals surface area contributed by atoms with Crippen LogP contribution >= 0.6 is 7.74 Å². The van der Waals surface area contributed by atoms with E-state index in [9.17, 15) is 14.9 Å². The van der Waals surface area contributed by atoms with E-state index in [1.54, 1.807) is 6.92 Å². The molecule has 0 saturated carbocycles. The predicted molar refractivity (Wildman–Crippen MR) is 89.2 cm³/mol. The summed E-state index contributed by atoms with van der Waals surface area (Å²) in [6.07, 6.45) is -5.14. The Morgan fingerprint density at radius 3 is 2.31 bits per heavy atom. The van der Waals surface area contributed by atoms with Crippen molar-refractivity contribution in [3.05, 3.63) is 0 Å². The summed E-state index contributed by atoms with van der Waals surface area (Å²) in [6.45, 7) is 1.79. The van der Waals surface area contributed by atoms with Crippen LogP contribution in [-0.4, -0.2) is 106 Å². The molecule has 0 amide bonds. The third kappa shape index (κ3) is 3.97. The van der Waals surface area contributed by atoms with Crippen LogP contribution in [0.3, 0.4) is 0 Å². The van der Waals surface area contributed by atoms with Crippen molar-refractivity contribution in [2.75, 3.05) is 26.9 Å². The Kier molecular flexibility index (Phi) is 6.05. The van der Waals surface area contributed by atoms with Crippen molar-refractivity contribution in [2.24, 2.45) is 0 Å². The van der Waals surface area contributed by atoms with E-state index in [0.29, 0.717) is 6.61 Å². The predicted octanol–water partition coefficient (Wildman–Crippen LogP) is -1.90. The van der Waals surface area contributed by atoms with E-state index in [1.165, 1.54) is 7.11 Å². The molecule has 10 nitrogen and oxygen atoms in total. The first kappa shape index (κ1) is 20.9. The number of hydrogen-bond acceptors (Lipinski definition) is 10. The van der Waals surface area contributed by atoms with E-state index in [-0.39, 0.29) is 13.2 Å². The Morgan fingerprint density at radius 2 is 1.65 bits per heavy atom. The summed E-state index contributed by atoms with van der Waals surface area (Å²) in [5.41, 5.74) is 0. The number of aliphatic hydroxyl groups excluding tert-OH is 1. The average Bonchev–Trinajstić information content (AvgIpc) is 3.12. The summed E-state index contributed by atoms with van der Waals surface area (Å²) in [5.74, 6) is 0. The second kappa shape index (κ2) is 7.53. The van der Waals surface area contributed by atoms with Gasteiger partial charge in [-0.15, -0.1) is 0 Å². The molecular weight excluding hydrogens is 369 g/mol. The summed E-state index contributed by atoms with van der Waals surface area (Å²) in [4.78, 5) is 21.1. The molecule has 0 bridgehead atoms. The Bertz CT molecular complexity index is 513. The van der Waals surface area contributed by atoms with Crippen LogP contribution in [0.2, 0.25) is 0 Å². The SMILES string of the molecule is [B][C@@H]1O[C@H](COP2(O)(O)OC3[C@@H](COC)O[C@@H]([B])[C@H]3O2)C(OCC)[C@@H]1O. The zero-order chi connectivity index (χ0) is 19.1. The van der Waals surface area contributed by atoms with Gasteiger partial charge in [-0.05, 0) is 0 Å². The molecule has 0 aromatic rings. The van der Waals surface area contributed by atoms with E-state index in [1.807, 2.05) is 0 Å². The van der Waals surface area contributed by atoms with Gasteiger partial charge in [0.15, 0.2) is 0 Å². The van der Waals surface area contributed by atoms with Gasteiger partial charge < -0.3 is 0 Å². The normalized spacial score (nSPS) is 48.1. The average molecular weight is 392 g/mol. The molecule has 0 aromatic heterocycles. The molecule has 3 aliphatic heterocycles. The van der Waals surface area contributed by atoms with Crippen molar-refractivity contribution in [3.63, 3.8) is 0 Å². The van der Waals surface area contributed by atoms with E-state index in [2.05, 4.69) is 0 Å². The molecule has 0 aliphatic carbocycles. The number of hydrogen-bond donors (Lipinski definition) is 3. The molecule has 3 saturated heterocycles. The number of methoxy groups -OCH3 is 1. The van der Waals surface area contributed by atoms with E-state index < -0.39 is 56.4 Å². The third-order valence-electron chi connectivity index (χ3n) is 4.47. The first-order chi connectivity index (χ1) is 12.2. The second-order valence-electron chi connectivity index (χ2n) is 6.38. The zero-order valence-corrected chi connectivity index (χ0v) is 15.4. The summed E-state index contributed by atoms with van der Waals surface area (Å²) in [7, 11) is 7.50. The molecule has 3 N–H and O–H groups in total. The monoisotopic (exact) mass is 392 g/mol. The van der Waals surface area contributed by atoms with Crippen molar-refractivity contribution in [1.29, 1.82) is 0 Å².